The molecule has 0 aliphatic carbocycles. The number of phenolic OH excluding ortho intramolecular Hbond substituents is 1. The van der Waals surface area contributed by atoms with Crippen molar-refractivity contribution in [3.63, 3.8) is 0 Å². The number of carboxylic acids is 1. The van der Waals surface area contributed by atoms with Crippen LogP contribution in [0.3, 0.4) is 0 Å². The fourth-order valence-electron chi connectivity index (χ4n) is 2.28. The van der Waals surface area contributed by atoms with Crippen LogP contribution < -0.4 is 4.90 Å². The van der Waals surface area contributed by atoms with Crippen LogP contribution in [0.4, 0.5) is 5.69 Å². The Labute approximate surface area is 124 Å². The second-order valence-corrected chi connectivity index (χ2v) is 4.98. The van der Waals surface area contributed by atoms with Crippen LogP contribution in [0.15, 0.2) is 48.5 Å². The smallest absolute Gasteiger partial charge is 0.305 e. The summed E-state index contributed by atoms with van der Waals surface area (Å²) >= 11 is 0. The van der Waals surface area contributed by atoms with Crippen molar-refractivity contribution in [1.29, 1.82) is 0 Å². The number of nitrogens with zero attached hydrogens (tertiary/aromatic N) is 1. The molecule has 2 aromatic rings. The summed E-state index contributed by atoms with van der Waals surface area (Å²) in [4.78, 5) is 12.8. The van der Waals surface area contributed by atoms with E-state index in [-0.39, 0.29) is 12.2 Å². The summed E-state index contributed by atoms with van der Waals surface area (Å²) in [5.74, 6) is -0.600. The number of para-hydroxylation sites is 2. The molecule has 21 heavy (non-hydrogen) atoms. The summed E-state index contributed by atoms with van der Waals surface area (Å²) in [7, 11) is 0. The van der Waals surface area contributed by atoms with Gasteiger partial charge in [0.15, 0.2) is 0 Å². The maximum absolute atomic E-state index is 10.9. The Balaban J connectivity index is 2.26. The first-order valence-corrected chi connectivity index (χ1v) is 6.87. The van der Waals surface area contributed by atoms with Crippen molar-refractivity contribution < 1.29 is 15.0 Å². The lowest BCUT2D eigenvalue weighted by atomic mass is 10.1. The Hall–Kier alpha value is -2.49. The monoisotopic (exact) mass is 285 g/mol. The Morgan fingerprint density at radius 1 is 1.10 bits per heavy atom. The van der Waals surface area contributed by atoms with Crippen LogP contribution in [-0.4, -0.2) is 22.7 Å². The van der Waals surface area contributed by atoms with Crippen LogP contribution in [0.5, 0.6) is 5.75 Å². The molecule has 2 rings (SSSR count). The molecule has 4 nitrogen and oxygen atoms in total. The lowest BCUT2D eigenvalue weighted by Crippen LogP contribution is -2.26. The lowest BCUT2D eigenvalue weighted by Gasteiger charge is -2.26. The van der Waals surface area contributed by atoms with Crippen molar-refractivity contribution in [2.24, 2.45) is 0 Å². The average Bonchev–Trinajstić information content (AvgIpc) is 2.46. The SMILES string of the molecule is Cc1ccccc1N(CCC(=O)O)Cc1ccccc1O. The van der Waals surface area contributed by atoms with Gasteiger partial charge in [-0.25, -0.2) is 0 Å². The van der Waals surface area contributed by atoms with Crippen molar-refractivity contribution in [2.45, 2.75) is 19.9 Å². The van der Waals surface area contributed by atoms with Gasteiger partial charge in [-0.15, -0.1) is 0 Å². The standard InChI is InChI=1S/C17H19NO3/c1-13-6-2-4-8-15(13)18(11-10-17(20)21)12-14-7-3-5-9-16(14)19/h2-9,19H,10-12H2,1H3,(H,20,21). The maximum atomic E-state index is 10.9. The summed E-state index contributed by atoms with van der Waals surface area (Å²) < 4.78 is 0. The van der Waals surface area contributed by atoms with Crippen molar-refractivity contribution >= 4 is 11.7 Å². The third kappa shape index (κ3) is 3.99. The number of hydrogen-bond acceptors (Lipinski definition) is 3. The summed E-state index contributed by atoms with van der Waals surface area (Å²) in [5.41, 5.74) is 2.85. The summed E-state index contributed by atoms with van der Waals surface area (Å²) in [6, 6.07) is 15.0. The van der Waals surface area contributed by atoms with E-state index in [4.69, 9.17) is 5.11 Å². The van der Waals surface area contributed by atoms with E-state index < -0.39 is 5.97 Å². The van der Waals surface area contributed by atoms with Crippen LogP contribution in [-0.2, 0) is 11.3 Å². The Kier molecular flexibility index (Phi) is 4.82. The molecule has 0 aliphatic heterocycles. The van der Waals surface area contributed by atoms with Gasteiger partial charge < -0.3 is 15.1 Å². The molecule has 4 heteroatoms. The number of hydrogen-bond donors (Lipinski definition) is 2. The minimum atomic E-state index is -0.828. The summed E-state index contributed by atoms with van der Waals surface area (Å²) in [6.45, 7) is 2.87. The molecule has 2 N–H and O–H groups in total. The van der Waals surface area contributed by atoms with E-state index in [9.17, 15) is 9.90 Å². The van der Waals surface area contributed by atoms with E-state index >= 15 is 0 Å². The molecular weight excluding hydrogens is 266 g/mol. The highest BCUT2D eigenvalue weighted by Crippen LogP contribution is 2.25. The highest BCUT2D eigenvalue weighted by atomic mass is 16.4. The Morgan fingerprint density at radius 2 is 1.76 bits per heavy atom. The first-order valence-electron chi connectivity index (χ1n) is 6.87. The topological polar surface area (TPSA) is 60.8 Å². The van der Waals surface area contributed by atoms with Crippen LogP contribution in [0, 0.1) is 6.92 Å². The van der Waals surface area contributed by atoms with Gasteiger partial charge in [0, 0.05) is 24.3 Å². The largest absolute Gasteiger partial charge is 0.508 e. The molecule has 0 radical (unpaired) electrons. The van der Waals surface area contributed by atoms with Crippen molar-refractivity contribution in [3.05, 3.63) is 59.7 Å². The third-order valence-corrected chi connectivity index (χ3v) is 3.40. The molecule has 0 heterocycles. The first kappa shape index (κ1) is 14.9. The normalized spacial score (nSPS) is 10.3. The number of carboxylic acid groups (broad SMARTS) is 1. The quantitative estimate of drug-likeness (QED) is 0.855. The number of anilines is 1. The predicted octanol–water partition coefficient (Wildman–Crippen LogP) is 3.18. The van der Waals surface area contributed by atoms with Crippen molar-refractivity contribution in [2.75, 3.05) is 11.4 Å². The van der Waals surface area contributed by atoms with Crippen LogP contribution in [0.2, 0.25) is 0 Å². The molecular formula is C17H19NO3. The molecule has 110 valence electrons. The Morgan fingerprint density at radius 3 is 2.43 bits per heavy atom. The highest BCUT2D eigenvalue weighted by molar-refractivity contribution is 5.68. The second-order valence-electron chi connectivity index (χ2n) is 4.98. The van der Waals surface area contributed by atoms with Gasteiger partial charge in [-0.1, -0.05) is 36.4 Å². The van der Waals surface area contributed by atoms with Crippen molar-refractivity contribution in [3.8, 4) is 5.75 Å². The summed E-state index contributed by atoms with van der Waals surface area (Å²) in [6.07, 6.45) is 0.0575. The number of phenols is 1. The van der Waals surface area contributed by atoms with E-state index in [0.29, 0.717) is 13.1 Å². The number of aromatic hydroxyl groups is 1. The molecule has 0 aromatic heterocycles. The minimum Gasteiger partial charge on any atom is -0.508 e. The Bertz CT molecular complexity index is 625. The molecule has 0 fully saturated rings. The van der Waals surface area contributed by atoms with E-state index in [1.54, 1.807) is 12.1 Å². The fraction of sp³-hybridized carbons (Fsp3) is 0.235. The molecule has 0 amide bonds. The van der Waals surface area contributed by atoms with Crippen LogP contribution in [0.1, 0.15) is 17.5 Å². The second kappa shape index (κ2) is 6.79. The van der Waals surface area contributed by atoms with Crippen LogP contribution >= 0.6 is 0 Å². The van der Waals surface area contributed by atoms with E-state index in [1.807, 2.05) is 48.2 Å². The predicted molar refractivity (Wildman–Crippen MR) is 82.6 cm³/mol. The summed E-state index contributed by atoms with van der Waals surface area (Å²) in [5, 5.41) is 18.8. The average molecular weight is 285 g/mol. The minimum absolute atomic E-state index is 0.0575. The molecule has 2 aromatic carbocycles. The zero-order valence-electron chi connectivity index (χ0n) is 12.0. The van der Waals surface area contributed by atoms with Gasteiger partial charge in [0.2, 0.25) is 0 Å². The molecule has 0 aliphatic rings. The number of aryl methyl sites for hydroxylation is 1. The van der Waals surface area contributed by atoms with Gasteiger partial charge in [0.05, 0.1) is 6.42 Å². The number of carbonyl (C=O) groups is 1. The zero-order valence-corrected chi connectivity index (χ0v) is 12.0. The maximum Gasteiger partial charge on any atom is 0.305 e. The van der Waals surface area contributed by atoms with E-state index in [2.05, 4.69) is 0 Å². The van der Waals surface area contributed by atoms with Gasteiger partial charge in [-0.2, -0.15) is 0 Å². The van der Waals surface area contributed by atoms with Gasteiger partial charge in [-0.05, 0) is 24.6 Å². The molecule has 0 saturated heterocycles. The van der Waals surface area contributed by atoms with Crippen LogP contribution in [0.25, 0.3) is 0 Å². The van der Waals surface area contributed by atoms with E-state index in [1.165, 1.54) is 0 Å². The van der Waals surface area contributed by atoms with Gasteiger partial charge in [0.25, 0.3) is 0 Å². The fourth-order valence-corrected chi connectivity index (χ4v) is 2.28. The molecule has 0 atom stereocenters. The number of benzene rings is 2. The van der Waals surface area contributed by atoms with Crippen molar-refractivity contribution in [1.82, 2.24) is 0 Å². The molecule has 0 saturated carbocycles. The van der Waals surface area contributed by atoms with E-state index in [0.717, 1.165) is 16.8 Å². The van der Waals surface area contributed by atoms with Gasteiger partial charge in [0.1, 0.15) is 5.75 Å². The van der Waals surface area contributed by atoms with Gasteiger partial charge >= 0.3 is 5.97 Å². The zero-order chi connectivity index (χ0) is 15.2. The highest BCUT2D eigenvalue weighted by Gasteiger charge is 2.13. The first-order chi connectivity index (χ1) is 10.1. The van der Waals surface area contributed by atoms with Gasteiger partial charge in [-0.3, -0.25) is 4.79 Å². The third-order valence-electron chi connectivity index (χ3n) is 3.40. The lowest BCUT2D eigenvalue weighted by molar-refractivity contribution is -0.136. The number of rotatable bonds is 6. The molecule has 0 spiro atoms. The molecule has 0 bridgehead atoms. The molecule has 0 unspecified atom stereocenters. The number of aliphatic carboxylic acids is 1.